The van der Waals surface area contributed by atoms with E-state index in [1.165, 1.54) is 96.0 Å². The highest BCUT2D eigenvalue weighted by Gasteiger charge is 2.32. The SMILES string of the molecule is CCCCCCCCC(CCCCC)(CCCCCCCC)Oc1cccc(O)c1O. The molecule has 1 aromatic rings. The highest BCUT2D eigenvalue weighted by Crippen LogP contribution is 2.41. The molecule has 31 heavy (non-hydrogen) atoms. The third kappa shape index (κ3) is 11.7. The first kappa shape index (κ1) is 27.7. The molecule has 180 valence electrons. The van der Waals surface area contributed by atoms with Gasteiger partial charge in [0.1, 0.15) is 5.60 Å². The summed E-state index contributed by atoms with van der Waals surface area (Å²) in [5.41, 5.74) is -0.240. The Morgan fingerprint density at radius 3 is 1.55 bits per heavy atom. The summed E-state index contributed by atoms with van der Waals surface area (Å²) in [6, 6.07) is 5.07. The number of phenols is 2. The van der Waals surface area contributed by atoms with E-state index in [4.69, 9.17) is 4.74 Å². The molecule has 0 aromatic heterocycles. The fraction of sp³-hybridized carbons (Fsp3) is 0.786. The van der Waals surface area contributed by atoms with Crippen LogP contribution in [0, 0.1) is 0 Å². The number of phenolic OH excluding ortho intramolecular Hbond substituents is 2. The molecule has 3 nitrogen and oxygen atoms in total. The van der Waals surface area contributed by atoms with E-state index in [0.717, 1.165) is 25.7 Å². The van der Waals surface area contributed by atoms with Crippen LogP contribution in [0.5, 0.6) is 17.2 Å². The number of aromatic hydroxyl groups is 2. The molecule has 0 spiro atoms. The number of ether oxygens (including phenoxy) is 1. The molecule has 1 rings (SSSR count). The molecule has 0 aliphatic heterocycles. The van der Waals surface area contributed by atoms with Crippen molar-refractivity contribution in [2.24, 2.45) is 0 Å². The minimum atomic E-state index is -0.240. The number of rotatable bonds is 20. The van der Waals surface area contributed by atoms with Crippen LogP contribution in [0.1, 0.15) is 136 Å². The van der Waals surface area contributed by atoms with Gasteiger partial charge in [0, 0.05) is 0 Å². The molecule has 0 amide bonds. The summed E-state index contributed by atoms with van der Waals surface area (Å²) in [4.78, 5) is 0. The summed E-state index contributed by atoms with van der Waals surface area (Å²) in [7, 11) is 0. The molecule has 0 aliphatic carbocycles. The molecule has 2 N–H and O–H groups in total. The van der Waals surface area contributed by atoms with Gasteiger partial charge in [-0.3, -0.25) is 0 Å². The van der Waals surface area contributed by atoms with Crippen molar-refractivity contribution in [3.05, 3.63) is 18.2 Å². The molecule has 0 radical (unpaired) electrons. The second kappa shape index (κ2) is 17.2. The normalized spacial score (nSPS) is 11.7. The third-order valence-electron chi connectivity index (χ3n) is 6.51. The van der Waals surface area contributed by atoms with Crippen molar-refractivity contribution in [1.29, 1.82) is 0 Å². The monoisotopic (exact) mass is 434 g/mol. The van der Waals surface area contributed by atoms with Crippen molar-refractivity contribution >= 4 is 0 Å². The van der Waals surface area contributed by atoms with Gasteiger partial charge in [-0.25, -0.2) is 0 Å². The van der Waals surface area contributed by atoms with Crippen LogP contribution >= 0.6 is 0 Å². The van der Waals surface area contributed by atoms with E-state index in [2.05, 4.69) is 20.8 Å². The first-order chi connectivity index (χ1) is 15.1. The van der Waals surface area contributed by atoms with Crippen LogP contribution in [0.25, 0.3) is 0 Å². The lowest BCUT2D eigenvalue weighted by molar-refractivity contribution is 0.0306. The Morgan fingerprint density at radius 1 is 0.613 bits per heavy atom. The Morgan fingerprint density at radius 2 is 1.03 bits per heavy atom. The third-order valence-corrected chi connectivity index (χ3v) is 6.51. The van der Waals surface area contributed by atoms with Gasteiger partial charge in [-0.2, -0.15) is 0 Å². The van der Waals surface area contributed by atoms with Gasteiger partial charge in [0.05, 0.1) is 0 Å². The Labute approximate surface area is 192 Å². The largest absolute Gasteiger partial charge is 0.504 e. The topological polar surface area (TPSA) is 49.7 Å². The van der Waals surface area contributed by atoms with Crippen LogP contribution in [0.3, 0.4) is 0 Å². The Kier molecular flexibility index (Phi) is 15.4. The lowest BCUT2D eigenvalue weighted by atomic mass is 9.84. The summed E-state index contributed by atoms with van der Waals surface area (Å²) < 4.78 is 6.61. The van der Waals surface area contributed by atoms with E-state index in [-0.39, 0.29) is 17.1 Å². The van der Waals surface area contributed by atoms with E-state index in [1.807, 2.05) is 0 Å². The van der Waals surface area contributed by atoms with Crippen LogP contribution < -0.4 is 4.74 Å². The standard InChI is InChI=1S/C28H50O3/c1-4-7-10-12-14-17-23-28(22-16-9-6-3,24-18-15-13-11-8-5-2)31-26-21-19-20-25(29)27(26)30/h19-21,29-30H,4-18,22-24H2,1-3H3. The predicted molar refractivity (Wildman–Crippen MR) is 133 cm³/mol. The highest BCUT2D eigenvalue weighted by molar-refractivity contribution is 5.49. The van der Waals surface area contributed by atoms with Gasteiger partial charge in [-0.1, -0.05) is 104 Å². The Hall–Kier alpha value is -1.38. The molecular formula is C28H50O3. The Bertz CT molecular complexity index is 539. The van der Waals surface area contributed by atoms with Crippen LogP contribution in [-0.2, 0) is 0 Å². The van der Waals surface area contributed by atoms with E-state index in [0.29, 0.717) is 5.75 Å². The van der Waals surface area contributed by atoms with Gasteiger partial charge >= 0.3 is 0 Å². The van der Waals surface area contributed by atoms with Crippen molar-refractivity contribution < 1.29 is 14.9 Å². The quantitative estimate of drug-likeness (QED) is 0.159. The molecule has 3 heteroatoms. The first-order valence-electron chi connectivity index (χ1n) is 13.3. The molecular weight excluding hydrogens is 384 g/mol. The number of unbranched alkanes of at least 4 members (excludes halogenated alkanes) is 12. The van der Waals surface area contributed by atoms with Crippen molar-refractivity contribution in [2.45, 2.75) is 142 Å². The number of hydrogen-bond acceptors (Lipinski definition) is 3. The van der Waals surface area contributed by atoms with Crippen LogP contribution in [-0.4, -0.2) is 15.8 Å². The summed E-state index contributed by atoms with van der Waals surface area (Å²) >= 11 is 0. The van der Waals surface area contributed by atoms with Crippen molar-refractivity contribution in [1.82, 2.24) is 0 Å². The van der Waals surface area contributed by atoms with Crippen LogP contribution in [0.2, 0.25) is 0 Å². The van der Waals surface area contributed by atoms with E-state index < -0.39 is 0 Å². The maximum Gasteiger partial charge on any atom is 0.200 e. The summed E-state index contributed by atoms with van der Waals surface area (Å²) in [6.45, 7) is 6.76. The minimum absolute atomic E-state index is 0.0981. The van der Waals surface area contributed by atoms with Crippen molar-refractivity contribution in [3.8, 4) is 17.2 Å². The molecule has 0 bridgehead atoms. The Balaban J connectivity index is 2.85. The maximum atomic E-state index is 10.4. The van der Waals surface area contributed by atoms with Crippen molar-refractivity contribution in [3.63, 3.8) is 0 Å². The minimum Gasteiger partial charge on any atom is -0.504 e. The molecule has 0 saturated heterocycles. The predicted octanol–water partition coefficient (Wildman–Crippen LogP) is 9.30. The molecule has 0 atom stereocenters. The van der Waals surface area contributed by atoms with Gasteiger partial charge in [-0.15, -0.1) is 0 Å². The summed E-state index contributed by atoms with van der Waals surface area (Å²) in [5.74, 6) is 0.223. The maximum absolute atomic E-state index is 10.4. The second-order valence-corrected chi connectivity index (χ2v) is 9.40. The van der Waals surface area contributed by atoms with E-state index in [9.17, 15) is 10.2 Å². The molecule has 1 aromatic carbocycles. The van der Waals surface area contributed by atoms with Gasteiger partial charge in [0.15, 0.2) is 11.5 Å². The number of para-hydroxylation sites is 1. The molecule has 0 fully saturated rings. The lowest BCUT2D eigenvalue weighted by Gasteiger charge is -2.36. The van der Waals surface area contributed by atoms with Gasteiger partial charge in [0.25, 0.3) is 0 Å². The van der Waals surface area contributed by atoms with E-state index in [1.54, 1.807) is 12.1 Å². The van der Waals surface area contributed by atoms with Gasteiger partial charge < -0.3 is 14.9 Å². The molecule has 0 unspecified atom stereocenters. The zero-order valence-electron chi connectivity index (χ0n) is 20.8. The smallest absolute Gasteiger partial charge is 0.200 e. The van der Waals surface area contributed by atoms with Gasteiger partial charge in [-0.05, 0) is 50.7 Å². The number of benzene rings is 1. The van der Waals surface area contributed by atoms with Crippen molar-refractivity contribution in [2.75, 3.05) is 0 Å². The average Bonchev–Trinajstić information content (AvgIpc) is 2.76. The number of hydrogen-bond donors (Lipinski definition) is 2. The fourth-order valence-corrected chi connectivity index (χ4v) is 4.51. The lowest BCUT2D eigenvalue weighted by Crippen LogP contribution is -2.36. The fourth-order valence-electron chi connectivity index (χ4n) is 4.51. The molecule has 0 aliphatic rings. The average molecular weight is 435 g/mol. The summed E-state index contributed by atoms with van der Waals surface area (Å²) in [5, 5.41) is 20.4. The summed E-state index contributed by atoms with van der Waals surface area (Å²) in [6.07, 6.45) is 22.0. The van der Waals surface area contributed by atoms with E-state index >= 15 is 0 Å². The first-order valence-corrected chi connectivity index (χ1v) is 13.3. The van der Waals surface area contributed by atoms with Crippen LogP contribution in [0.4, 0.5) is 0 Å². The van der Waals surface area contributed by atoms with Crippen LogP contribution in [0.15, 0.2) is 18.2 Å². The second-order valence-electron chi connectivity index (χ2n) is 9.40. The zero-order chi connectivity index (χ0) is 22.8. The molecule has 0 saturated carbocycles. The van der Waals surface area contributed by atoms with Gasteiger partial charge in [0.2, 0.25) is 5.75 Å². The molecule has 0 heterocycles. The zero-order valence-corrected chi connectivity index (χ0v) is 20.8. The highest BCUT2D eigenvalue weighted by atomic mass is 16.5.